The molecule has 3 aromatic carbocycles. The number of methoxy groups -OCH3 is 2. The summed E-state index contributed by atoms with van der Waals surface area (Å²) in [5, 5.41) is -1.73. The van der Waals surface area contributed by atoms with E-state index in [9.17, 15) is 74.4 Å². The first-order chi connectivity index (χ1) is 35.5. The average Bonchev–Trinajstić information content (AvgIpc) is 3.32. The number of pyridine rings is 3. The number of alkyl halides is 9. The molecule has 77 heavy (non-hydrogen) atoms. The topological polar surface area (TPSA) is 212 Å². The van der Waals surface area contributed by atoms with Gasteiger partial charge in [-0.3, -0.25) is 14.3 Å². The van der Waals surface area contributed by atoms with Crippen LogP contribution < -0.4 is 13.3 Å². The quantitative estimate of drug-likeness (QED) is 0.0439. The number of hydrogen-bond donors (Lipinski definition) is 1. The van der Waals surface area contributed by atoms with E-state index in [0.717, 1.165) is 65.2 Å². The number of carbonyl (C=O) groups excluding carboxylic acids is 2. The second kappa shape index (κ2) is 26.0. The minimum absolute atomic E-state index is 0.00265. The van der Waals surface area contributed by atoms with Gasteiger partial charge in [0.25, 0.3) is 30.1 Å². The number of anilines is 3. The SMILES string of the molecule is COCN(c1cc(Cl)cnc1Br)S(=O)(=O)c1ccc(Cl)c(C(F)(F)F)c1.COCN(c1cc(Cl)cnc1C=O)S(=O)(=O)c1ccc(Cl)c(C(F)(F)F)c1.O=Cc1ncc(Cl)cc1NS(=O)(=O)c1ccc(Cl)c(C(F)(F)F)c1. The van der Waals surface area contributed by atoms with Crippen molar-refractivity contribution < 1.29 is 83.8 Å². The standard InChI is InChI=1S/C15H11Cl2F3N2O4S.C14H10BrCl2F3N2O3S.C13H7Cl2F3N2O3S/c1-26-8-22(14-4-9(16)6-21-13(14)7-23)27(24,25)10-2-3-12(17)11(5-10)15(18,19)20;1-25-7-22(12-4-8(16)6-21-13(12)15)26(23,24)9-2-3-11(17)10(5-9)14(18,19)20;14-7-3-11(12(6-21)19-5-7)20-24(22,23)8-1-2-10(15)9(4-8)13(16,17)18/h2-7H,8H2,1H3;2-6H,7H2,1H3;1-6,20H. The van der Waals surface area contributed by atoms with Crippen molar-refractivity contribution in [3.63, 3.8) is 0 Å². The van der Waals surface area contributed by atoms with Gasteiger partial charge in [0.2, 0.25) is 0 Å². The van der Waals surface area contributed by atoms with Crippen molar-refractivity contribution in [3.8, 4) is 0 Å². The number of nitrogens with zero attached hydrogens (tertiary/aromatic N) is 5. The third-order valence-electron chi connectivity index (χ3n) is 9.25. The van der Waals surface area contributed by atoms with E-state index in [4.69, 9.17) is 79.1 Å². The Labute approximate surface area is 469 Å². The van der Waals surface area contributed by atoms with Gasteiger partial charge in [-0.1, -0.05) is 69.6 Å². The molecule has 0 aliphatic heterocycles. The number of carbonyl (C=O) groups is 2. The molecule has 0 unspecified atom stereocenters. The lowest BCUT2D eigenvalue weighted by Gasteiger charge is -2.25. The van der Waals surface area contributed by atoms with Crippen LogP contribution in [0.5, 0.6) is 0 Å². The number of aldehydes is 2. The number of nitrogens with one attached hydrogen (secondary N) is 1. The lowest BCUT2D eigenvalue weighted by atomic mass is 10.2. The molecule has 6 rings (SSSR count). The molecule has 0 spiro atoms. The molecule has 0 fully saturated rings. The van der Waals surface area contributed by atoms with Crippen LogP contribution in [0.1, 0.15) is 37.7 Å². The fourth-order valence-electron chi connectivity index (χ4n) is 5.82. The van der Waals surface area contributed by atoms with Gasteiger partial charge in [-0.15, -0.1) is 0 Å². The first kappa shape index (κ1) is 64.7. The van der Waals surface area contributed by atoms with Gasteiger partial charge in [-0.05, 0) is 88.7 Å². The van der Waals surface area contributed by atoms with Crippen LogP contribution in [-0.2, 0) is 58.1 Å². The van der Waals surface area contributed by atoms with Crippen molar-refractivity contribution >= 4 is 145 Å². The average molecular weight is 1340 g/mol. The number of ether oxygens (including phenoxy) is 2. The lowest BCUT2D eigenvalue weighted by Crippen LogP contribution is -2.34. The molecule has 0 aliphatic rings. The maximum absolute atomic E-state index is 13.1. The summed E-state index contributed by atoms with van der Waals surface area (Å²) in [6, 6.07) is 10.1. The van der Waals surface area contributed by atoms with Crippen molar-refractivity contribution in [1.29, 1.82) is 0 Å². The monoisotopic (exact) mass is 1330 g/mol. The Morgan fingerprint density at radius 1 is 0.532 bits per heavy atom. The molecule has 0 atom stereocenters. The highest BCUT2D eigenvalue weighted by atomic mass is 79.9. The van der Waals surface area contributed by atoms with E-state index in [1.807, 2.05) is 4.72 Å². The Bertz CT molecular complexity index is 3520. The van der Waals surface area contributed by atoms with Gasteiger partial charge in [0.1, 0.15) is 29.5 Å². The maximum Gasteiger partial charge on any atom is 0.417 e. The third-order valence-corrected chi connectivity index (χ3v) is 16.3. The number of rotatable bonds is 15. The summed E-state index contributed by atoms with van der Waals surface area (Å²) < 4.78 is 206. The Hall–Kier alpha value is -4.79. The summed E-state index contributed by atoms with van der Waals surface area (Å²) in [6.45, 7) is -1.08. The van der Waals surface area contributed by atoms with Gasteiger partial charge in [-0.25, -0.2) is 48.8 Å². The van der Waals surface area contributed by atoms with Crippen molar-refractivity contribution in [2.75, 3.05) is 41.0 Å². The van der Waals surface area contributed by atoms with Crippen LogP contribution in [0.15, 0.2) is 111 Å². The van der Waals surface area contributed by atoms with Crippen LogP contribution in [-0.4, -0.2) is 80.5 Å². The zero-order chi connectivity index (χ0) is 58.2. The highest BCUT2D eigenvalue weighted by Gasteiger charge is 2.38. The van der Waals surface area contributed by atoms with Crippen LogP contribution in [0.25, 0.3) is 0 Å². The second-order valence-electron chi connectivity index (χ2n) is 14.4. The highest BCUT2D eigenvalue weighted by molar-refractivity contribution is 9.10. The van der Waals surface area contributed by atoms with Crippen molar-refractivity contribution in [2.24, 2.45) is 0 Å². The summed E-state index contributed by atoms with van der Waals surface area (Å²) in [5.74, 6) is 0. The summed E-state index contributed by atoms with van der Waals surface area (Å²) in [4.78, 5) is 31.3. The molecule has 3 aromatic heterocycles. The zero-order valence-corrected chi connectivity index (χ0v) is 46.4. The highest BCUT2D eigenvalue weighted by Crippen LogP contribution is 2.40. The van der Waals surface area contributed by atoms with Crippen molar-refractivity contribution in [2.45, 2.75) is 33.2 Å². The van der Waals surface area contributed by atoms with E-state index < -0.39 is 109 Å². The molecule has 0 amide bonds. The normalized spacial score (nSPS) is 12.1. The van der Waals surface area contributed by atoms with E-state index in [1.54, 1.807) is 0 Å². The Morgan fingerprint density at radius 3 is 1.29 bits per heavy atom. The summed E-state index contributed by atoms with van der Waals surface area (Å²) in [6.07, 6.45) is -10.4. The smallest absolute Gasteiger partial charge is 0.363 e. The Morgan fingerprint density at radius 2 is 0.883 bits per heavy atom. The maximum atomic E-state index is 13.1. The van der Waals surface area contributed by atoms with Gasteiger partial charge >= 0.3 is 18.5 Å². The lowest BCUT2D eigenvalue weighted by molar-refractivity contribution is -0.138. The molecule has 0 bridgehead atoms. The largest absolute Gasteiger partial charge is 0.417 e. The van der Waals surface area contributed by atoms with Gasteiger partial charge < -0.3 is 9.47 Å². The van der Waals surface area contributed by atoms with Gasteiger partial charge in [0.15, 0.2) is 12.6 Å². The predicted octanol–water partition coefficient (Wildman–Crippen LogP) is 13.0. The number of aromatic nitrogens is 3. The fraction of sp³-hybridized carbons (Fsp3) is 0.167. The minimum atomic E-state index is -4.86. The molecule has 0 radical (unpaired) electrons. The second-order valence-corrected chi connectivity index (χ2v) is 23.1. The van der Waals surface area contributed by atoms with Crippen LogP contribution in [0.4, 0.5) is 56.6 Å². The first-order valence-corrected chi connectivity index (χ1v) is 27.2. The molecule has 6 aromatic rings. The van der Waals surface area contributed by atoms with Crippen molar-refractivity contribution in [3.05, 3.63) is 154 Å². The molecule has 1 N–H and O–H groups in total. The molecule has 0 saturated carbocycles. The van der Waals surface area contributed by atoms with Crippen LogP contribution >= 0.6 is 85.5 Å². The molecule has 3 heterocycles. The third kappa shape index (κ3) is 16.4. The van der Waals surface area contributed by atoms with Gasteiger partial charge in [-0.2, -0.15) is 39.5 Å². The first-order valence-electron chi connectivity index (χ1n) is 19.7. The van der Waals surface area contributed by atoms with E-state index in [-0.39, 0.29) is 60.7 Å². The van der Waals surface area contributed by atoms with Gasteiger partial charge in [0.05, 0.1) is 78.6 Å². The number of halogens is 16. The predicted molar refractivity (Wildman–Crippen MR) is 269 cm³/mol. The van der Waals surface area contributed by atoms with E-state index in [1.165, 1.54) is 26.5 Å². The van der Waals surface area contributed by atoms with Crippen LogP contribution in [0, 0.1) is 0 Å². The molecular formula is C42H28BrCl6F9N6O10S3. The molecular weight excluding hydrogens is 1310 g/mol. The number of sulfonamides is 3. The molecule has 16 nitrogen and oxygen atoms in total. The number of benzene rings is 3. The van der Waals surface area contributed by atoms with E-state index >= 15 is 0 Å². The summed E-state index contributed by atoms with van der Waals surface area (Å²) in [5.41, 5.74) is -4.94. The fourth-order valence-corrected chi connectivity index (χ4v) is 11.4. The van der Waals surface area contributed by atoms with E-state index in [0.29, 0.717) is 22.5 Å². The zero-order valence-electron chi connectivity index (χ0n) is 37.8. The summed E-state index contributed by atoms with van der Waals surface area (Å²) in [7, 11) is -11.0. The molecule has 0 saturated heterocycles. The van der Waals surface area contributed by atoms with Crippen LogP contribution in [0.2, 0.25) is 30.1 Å². The van der Waals surface area contributed by atoms with Crippen molar-refractivity contribution in [1.82, 2.24) is 15.0 Å². The Balaban J connectivity index is 0.000000250. The molecule has 35 heteroatoms. The van der Waals surface area contributed by atoms with Crippen LogP contribution in [0.3, 0.4) is 0 Å². The number of hydrogen-bond acceptors (Lipinski definition) is 13. The van der Waals surface area contributed by atoms with E-state index in [2.05, 4.69) is 30.9 Å². The molecule has 416 valence electrons. The van der Waals surface area contributed by atoms with Gasteiger partial charge in [0, 0.05) is 32.8 Å². The summed E-state index contributed by atoms with van der Waals surface area (Å²) >= 11 is 37.0. The Kier molecular flexibility index (Phi) is 21.9. The minimum Gasteiger partial charge on any atom is -0.363 e. The molecule has 0 aliphatic carbocycles.